The van der Waals surface area contributed by atoms with Gasteiger partial charge in [0.25, 0.3) is 0 Å². The molecule has 4 heterocycles. The molecule has 1 fully saturated rings. The van der Waals surface area contributed by atoms with E-state index in [0.29, 0.717) is 45.8 Å². The van der Waals surface area contributed by atoms with Gasteiger partial charge in [-0.1, -0.05) is 57.2 Å². The van der Waals surface area contributed by atoms with E-state index in [9.17, 15) is 24.3 Å². The van der Waals surface area contributed by atoms with Gasteiger partial charge in [-0.05, 0) is 54.5 Å². The van der Waals surface area contributed by atoms with Crippen LogP contribution in [0.5, 0.6) is 0 Å². The minimum absolute atomic E-state index is 0.00832. The number of β-amino-alcohol motifs (C(OH)–C–C–N with tert-alkyl or cyclic N) is 1. The van der Waals surface area contributed by atoms with Crippen molar-refractivity contribution in [2.75, 3.05) is 52.7 Å². The zero-order valence-electron chi connectivity index (χ0n) is 36.2. The van der Waals surface area contributed by atoms with Gasteiger partial charge in [-0.15, -0.1) is 11.3 Å². The topological polar surface area (TPSA) is 197 Å². The van der Waals surface area contributed by atoms with E-state index in [4.69, 9.17) is 14.2 Å². The molecular weight excluding hydrogens is 811 g/mol. The molecule has 1 saturated heterocycles. The number of amides is 4. The lowest BCUT2D eigenvalue weighted by molar-refractivity contribution is -0.144. The highest BCUT2D eigenvalue weighted by Gasteiger charge is 2.44. The summed E-state index contributed by atoms with van der Waals surface area (Å²) < 4.78 is 16.7. The van der Waals surface area contributed by atoms with Gasteiger partial charge in [0.15, 0.2) is 0 Å². The molecule has 0 aliphatic carbocycles. The number of carbonyl (C=O) groups is 4. The molecule has 16 heteroatoms. The summed E-state index contributed by atoms with van der Waals surface area (Å²) >= 11 is 1.57. The average Bonchev–Trinajstić information content (AvgIpc) is 3.97. The Kier molecular flexibility index (Phi) is 16.2. The van der Waals surface area contributed by atoms with Crippen LogP contribution in [0.25, 0.3) is 32.2 Å². The molecule has 5 N–H and O–H groups in total. The first-order chi connectivity index (χ1) is 29.8. The van der Waals surface area contributed by atoms with E-state index >= 15 is 0 Å². The van der Waals surface area contributed by atoms with Crippen LogP contribution in [0.15, 0.2) is 66.4 Å². The van der Waals surface area contributed by atoms with Gasteiger partial charge < -0.3 is 45.2 Å². The van der Waals surface area contributed by atoms with Crippen LogP contribution in [0.1, 0.15) is 69.8 Å². The molecule has 1 aliphatic rings. The highest BCUT2D eigenvalue weighted by molar-refractivity contribution is 7.13. The van der Waals surface area contributed by atoms with Crippen LogP contribution in [-0.4, -0.2) is 120 Å². The average molecular weight is 870 g/mol. The first-order valence-electron chi connectivity index (χ1n) is 21.2. The van der Waals surface area contributed by atoms with Crippen LogP contribution in [0.3, 0.4) is 0 Å². The molecule has 5 aromatic rings. The lowest BCUT2D eigenvalue weighted by Gasteiger charge is -2.35. The lowest BCUT2D eigenvalue weighted by Crippen LogP contribution is -2.58. The van der Waals surface area contributed by atoms with Gasteiger partial charge >= 0.3 is 0 Å². The number of aromatic amines is 1. The minimum Gasteiger partial charge on any atom is -0.391 e. The Morgan fingerprint density at radius 3 is 2.34 bits per heavy atom. The third-order valence-electron chi connectivity index (χ3n) is 11.0. The molecule has 15 nitrogen and oxygen atoms in total. The number of thiazole rings is 1. The van der Waals surface area contributed by atoms with Crippen LogP contribution in [0.2, 0.25) is 0 Å². The minimum atomic E-state index is -0.933. The molecule has 0 unspecified atom stereocenters. The van der Waals surface area contributed by atoms with E-state index in [-0.39, 0.29) is 56.4 Å². The number of hydrogen-bond acceptors (Lipinski definition) is 11. The van der Waals surface area contributed by atoms with E-state index in [0.717, 1.165) is 49.1 Å². The van der Waals surface area contributed by atoms with Gasteiger partial charge in [0.05, 0.1) is 67.9 Å². The highest BCUT2D eigenvalue weighted by Crippen LogP contribution is 2.30. The maximum atomic E-state index is 14.0. The summed E-state index contributed by atoms with van der Waals surface area (Å²) in [5.41, 5.74) is 7.20. The molecule has 4 atom stereocenters. The fourth-order valence-corrected chi connectivity index (χ4v) is 8.32. The number of aliphatic hydroxyl groups excluding tert-OH is 1. The second-order valence-corrected chi connectivity index (χ2v) is 17.6. The number of pyridine rings is 1. The number of benzene rings is 2. The summed E-state index contributed by atoms with van der Waals surface area (Å²) in [4.78, 5) is 67.4. The van der Waals surface area contributed by atoms with Crippen LogP contribution in [0.4, 0.5) is 0 Å². The fourth-order valence-electron chi connectivity index (χ4n) is 7.51. The molecule has 3 aromatic heterocycles. The number of likely N-dealkylation sites (tertiary alicyclic amines) is 1. The van der Waals surface area contributed by atoms with Crippen molar-refractivity contribution in [2.24, 2.45) is 5.41 Å². The summed E-state index contributed by atoms with van der Waals surface area (Å²) in [6.45, 7) is 11.6. The number of aliphatic hydroxyl groups is 1. The molecule has 6 rings (SSSR count). The number of aromatic nitrogens is 3. The van der Waals surface area contributed by atoms with Crippen LogP contribution < -0.4 is 16.0 Å². The van der Waals surface area contributed by atoms with Crippen molar-refractivity contribution < 1.29 is 38.5 Å². The second kappa shape index (κ2) is 21.7. The van der Waals surface area contributed by atoms with Gasteiger partial charge in [-0.2, -0.15) is 0 Å². The third-order valence-corrected chi connectivity index (χ3v) is 11.9. The van der Waals surface area contributed by atoms with E-state index < -0.39 is 29.5 Å². The molecule has 1 aliphatic heterocycles. The molecule has 0 radical (unpaired) electrons. The SMILES string of the molecule is Cc1ncsc1-c1ccc([C@H](C)NC(=O)[C@H]2C[C@H](O)CN2C(=O)[C@@H](NC(=O)CCOCCOCCOCCNC(=O)CCc2ccc3c(c2)[nH]c2ccncc23)C(C)(C)C)cc1. The molecule has 0 bridgehead atoms. The van der Waals surface area contributed by atoms with Crippen molar-refractivity contribution in [3.05, 3.63) is 83.3 Å². The first-order valence-corrected chi connectivity index (χ1v) is 22.1. The molecule has 62 heavy (non-hydrogen) atoms. The fraction of sp³-hybridized carbons (Fsp3) is 0.478. The maximum Gasteiger partial charge on any atom is 0.246 e. The van der Waals surface area contributed by atoms with Crippen molar-refractivity contribution in [3.63, 3.8) is 0 Å². The summed E-state index contributed by atoms with van der Waals surface area (Å²) in [7, 11) is 0. The largest absolute Gasteiger partial charge is 0.391 e. The number of aryl methyl sites for hydroxylation is 2. The summed E-state index contributed by atoms with van der Waals surface area (Å²) in [6.07, 6.45) is 3.88. The van der Waals surface area contributed by atoms with Gasteiger partial charge in [0.2, 0.25) is 23.6 Å². The highest BCUT2D eigenvalue weighted by atomic mass is 32.1. The second-order valence-electron chi connectivity index (χ2n) is 16.7. The van der Waals surface area contributed by atoms with Crippen molar-refractivity contribution in [1.29, 1.82) is 0 Å². The van der Waals surface area contributed by atoms with Gasteiger partial charge in [0.1, 0.15) is 12.1 Å². The maximum absolute atomic E-state index is 14.0. The van der Waals surface area contributed by atoms with Crippen molar-refractivity contribution in [2.45, 2.75) is 84.5 Å². The van der Waals surface area contributed by atoms with E-state index in [2.05, 4.69) is 43.0 Å². The van der Waals surface area contributed by atoms with Crippen molar-refractivity contribution in [3.8, 4) is 10.4 Å². The number of hydrogen-bond donors (Lipinski definition) is 5. The number of nitrogens with one attached hydrogen (secondary N) is 4. The summed E-state index contributed by atoms with van der Waals surface area (Å²) in [5.74, 6) is -1.19. The zero-order valence-corrected chi connectivity index (χ0v) is 37.0. The van der Waals surface area contributed by atoms with Gasteiger partial charge in [0, 0.05) is 66.6 Å². The smallest absolute Gasteiger partial charge is 0.246 e. The Balaban J connectivity index is 0.825. The monoisotopic (exact) mass is 869 g/mol. The number of rotatable bonds is 21. The third kappa shape index (κ3) is 12.4. The van der Waals surface area contributed by atoms with Crippen LogP contribution >= 0.6 is 11.3 Å². The molecule has 332 valence electrons. The predicted octanol–water partition coefficient (Wildman–Crippen LogP) is 5.01. The van der Waals surface area contributed by atoms with E-state index in [1.165, 1.54) is 4.90 Å². The molecule has 2 aromatic carbocycles. The molecular formula is C46H59N7O8S. The molecule has 4 amide bonds. The van der Waals surface area contributed by atoms with Crippen LogP contribution in [0, 0.1) is 12.3 Å². The van der Waals surface area contributed by atoms with Gasteiger partial charge in [-0.3, -0.25) is 24.2 Å². The van der Waals surface area contributed by atoms with E-state index in [1.54, 1.807) is 17.5 Å². The van der Waals surface area contributed by atoms with Crippen molar-refractivity contribution in [1.82, 2.24) is 35.8 Å². The zero-order chi connectivity index (χ0) is 44.2. The Bertz CT molecular complexity index is 2290. The Morgan fingerprint density at radius 1 is 0.903 bits per heavy atom. The Hall–Kier alpha value is -5.26. The number of H-pyrrole nitrogens is 1. The lowest BCUT2D eigenvalue weighted by atomic mass is 9.85. The standard InChI is InChI=1S/C46H59N7O8S/c1-29(32-8-10-33(11-9-32)42-30(2)49-28-62-42)50-44(57)39-25-34(54)27-53(39)45(58)43(46(3,4)5)52-41(56)15-18-59-20-22-61-23-21-60-19-17-48-40(55)13-7-31-6-12-35-36-26-47-16-14-37(36)51-38(35)24-31/h6,8-12,14,16,24,26,28-29,34,39,43,51,54H,7,13,15,17-23,25,27H2,1-5H3,(H,48,55)(H,50,57)(H,52,56)/t29-,34-,39+,43+/m0/s1. The van der Waals surface area contributed by atoms with Gasteiger partial charge in [-0.25, -0.2) is 4.98 Å². The number of fused-ring (bicyclic) bond motifs is 3. The van der Waals surface area contributed by atoms with E-state index in [1.807, 2.05) is 82.7 Å². The van der Waals surface area contributed by atoms with Crippen molar-refractivity contribution >= 4 is 56.8 Å². The normalized spacial score (nSPS) is 16.4. The summed E-state index contributed by atoms with van der Waals surface area (Å²) in [6, 6.07) is 13.9. The quantitative estimate of drug-likeness (QED) is 0.0626. The van der Waals surface area contributed by atoms with Crippen LogP contribution in [-0.2, 0) is 39.8 Å². The molecule has 0 spiro atoms. The predicted molar refractivity (Wildman–Crippen MR) is 238 cm³/mol. The Labute approximate surface area is 366 Å². The summed E-state index contributed by atoms with van der Waals surface area (Å²) in [5, 5.41) is 21.5. The Morgan fingerprint density at radius 2 is 1.63 bits per heavy atom. The number of carbonyl (C=O) groups excluding carboxylic acids is 4. The molecule has 0 saturated carbocycles. The number of nitrogens with zero attached hydrogens (tertiary/aromatic N) is 3. The first kappa shape index (κ1) is 46.2. The number of ether oxygens (including phenoxy) is 3.